The third-order valence-corrected chi connectivity index (χ3v) is 4.52. The Balaban J connectivity index is 1.45. The van der Waals surface area contributed by atoms with Crippen molar-refractivity contribution in [2.45, 2.75) is 19.8 Å². The van der Waals surface area contributed by atoms with Crippen LogP contribution in [0.1, 0.15) is 29.5 Å². The molecule has 2 heterocycles. The number of amides is 3. The van der Waals surface area contributed by atoms with Crippen LogP contribution in [0, 0.1) is 5.92 Å². The van der Waals surface area contributed by atoms with Gasteiger partial charge in [-0.1, -0.05) is 19.1 Å². The van der Waals surface area contributed by atoms with Gasteiger partial charge in [0.15, 0.2) is 12.4 Å². The Kier molecular flexibility index (Phi) is 6.28. The first-order valence-electron chi connectivity index (χ1n) is 9.16. The van der Waals surface area contributed by atoms with Gasteiger partial charge in [-0.3, -0.25) is 30.0 Å². The first-order valence-corrected chi connectivity index (χ1v) is 9.16. The number of carbonyl (C=O) groups excluding carboxylic acids is 4. The van der Waals surface area contributed by atoms with Crippen molar-refractivity contribution in [1.29, 1.82) is 0 Å². The molecule has 1 aromatic carbocycles. The van der Waals surface area contributed by atoms with Gasteiger partial charge in [-0.05, 0) is 36.2 Å². The van der Waals surface area contributed by atoms with E-state index in [0.29, 0.717) is 0 Å². The van der Waals surface area contributed by atoms with Crippen LogP contribution in [0.2, 0.25) is 0 Å². The maximum atomic E-state index is 12.3. The van der Waals surface area contributed by atoms with E-state index in [0.717, 1.165) is 17.7 Å². The van der Waals surface area contributed by atoms with Gasteiger partial charge in [0.05, 0.1) is 12.2 Å². The summed E-state index contributed by atoms with van der Waals surface area (Å²) in [6.07, 6.45) is 2.24. The summed E-state index contributed by atoms with van der Waals surface area (Å²) in [5.41, 5.74) is 6.13. The van der Waals surface area contributed by atoms with E-state index in [2.05, 4.69) is 10.9 Å². The fourth-order valence-corrected chi connectivity index (χ4v) is 2.91. The highest BCUT2D eigenvalue weighted by Crippen LogP contribution is 2.26. The Labute approximate surface area is 167 Å². The zero-order chi connectivity index (χ0) is 20.8. The molecule has 0 spiro atoms. The number of furan rings is 1. The van der Waals surface area contributed by atoms with E-state index in [1.807, 2.05) is 31.2 Å². The first-order chi connectivity index (χ1) is 14.0. The van der Waals surface area contributed by atoms with Gasteiger partial charge in [-0.2, -0.15) is 0 Å². The monoisotopic (exact) mass is 399 g/mol. The lowest BCUT2D eigenvalue weighted by molar-refractivity contribution is -0.152. The molecule has 1 atom stereocenters. The second kappa shape index (κ2) is 9.05. The molecule has 3 rings (SSSR count). The maximum absolute atomic E-state index is 12.3. The molecule has 0 aliphatic carbocycles. The van der Waals surface area contributed by atoms with Crippen LogP contribution in [0.25, 0.3) is 0 Å². The fourth-order valence-electron chi connectivity index (χ4n) is 2.91. The van der Waals surface area contributed by atoms with Crippen molar-refractivity contribution in [1.82, 2.24) is 10.9 Å². The molecule has 1 aliphatic heterocycles. The van der Waals surface area contributed by atoms with Crippen molar-refractivity contribution in [3.05, 3.63) is 54.0 Å². The molecule has 1 fully saturated rings. The van der Waals surface area contributed by atoms with E-state index in [1.165, 1.54) is 23.3 Å². The van der Waals surface area contributed by atoms with Crippen LogP contribution in [0.15, 0.2) is 47.1 Å². The van der Waals surface area contributed by atoms with Gasteiger partial charge in [0.2, 0.25) is 5.91 Å². The summed E-state index contributed by atoms with van der Waals surface area (Å²) in [5, 5.41) is 0. The van der Waals surface area contributed by atoms with Crippen LogP contribution in [-0.2, 0) is 25.5 Å². The van der Waals surface area contributed by atoms with E-state index in [9.17, 15) is 19.2 Å². The van der Waals surface area contributed by atoms with Crippen molar-refractivity contribution in [3.8, 4) is 0 Å². The molecule has 0 radical (unpaired) electrons. The van der Waals surface area contributed by atoms with Crippen LogP contribution in [0.3, 0.4) is 0 Å². The van der Waals surface area contributed by atoms with Crippen molar-refractivity contribution >= 4 is 29.4 Å². The predicted octanol–water partition coefficient (Wildman–Crippen LogP) is 1.20. The maximum Gasteiger partial charge on any atom is 0.311 e. The number of anilines is 1. The second-order valence-electron chi connectivity index (χ2n) is 6.51. The van der Waals surface area contributed by atoms with E-state index < -0.39 is 30.3 Å². The van der Waals surface area contributed by atoms with Crippen molar-refractivity contribution in [3.63, 3.8) is 0 Å². The molecule has 152 valence electrons. The number of hydrogen-bond acceptors (Lipinski definition) is 6. The van der Waals surface area contributed by atoms with Crippen molar-refractivity contribution in [2.24, 2.45) is 5.92 Å². The highest BCUT2D eigenvalue weighted by molar-refractivity contribution is 5.99. The number of aryl methyl sites for hydroxylation is 1. The Bertz CT molecular complexity index is 891. The largest absolute Gasteiger partial charge is 0.459 e. The number of ether oxygens (including phenoxy) is 1. The molecular weight excluding hydrogens is 378 g/mol. The topological polar surface area (TPSA) is 118 Å². The van der Waals surface area contributed by atoms with Crippen LogP contribution in [-0.4, -0.2) is 36.8 Å². The molecule has 3 amide bonds. The van der Waals surface area contributed by atoms with Gasteiger partial charge in [-0.15, -0.1) is 0 Å². The number of esters is 1. The Morgan fingerprint density at radius 2 is 1.93 bits per heavy atom. The Hall–Kier alpha value is -3.62. The lowest BCUT2D eigenvalue weighted by Crippen LogP contribution is -2.43. The third kappa shape index (κ3) is 5.01. The Morgan fingerprint density at radius 3 is 2.59 bits per heavy atom. The summed E-state index contributed by atoms with van der Waals surface area (Å²) in [4.78, 5) is 49.4. The molecule has 2 aromatic rings. The minimum Gasteiger partial charge on any atom is -0.459 e. The average molecular weight is 399 g/mol. The number of rotatable bonds is 6. The smallest absolute Gasteiger partial charge is 0.311 e. The lowest BCUT2D eigenvalue weighted by atomic mass is 10.1. The van der Waals surface area contributed by atoms with Crippen LogP contribution in [0.5, 0.6) is 0 Å². The molecule has 0 saturated carbocycles. The minimum absolute atomic E-state index is 0.0191. The molecule has 0 unspecified atom stereocenters. The highest BCUT2D eigenvalue weighted by atomic mass is 16.5. The van der Waals surface area contributed by atoms with E-state index in [1.54, 1.807) is 0 Å². The van der Waals surface area contributed by atoms with E-state index >= 15 is 0 Å². The summed E-state index contributed by atoms with van der Waals surface area (Å²) in [6.45, 7) is 1.66. The molecule has 9 nitrogen and oxygen atoms in total. The SMILES string of the molecule is CCc1ccc(N2C[C@H](C(=O)OCC(=O)NNC(=O)c3ccco3)CC2=O)cc1. The summed E-state index contributed by atoms with van der Waals surface area (Å²) >= 11 is 0. The summed E-state index contributed by atoms with van der Waals surface area (Å²) < 4.78 is 9.85. The van der Waals surface area contributed by atoms with Crippen molar-refractivity contribution < 1.29 is 28.3 Å². The zero-order valence-corrected chi connectivity index (χ0v) is 15.8. The molecule has 29 heavy (non-hydrogen) atoms. The van der Waals surface area contributed by atoms with Gasteiger partial charge >= 0.3 is 11.9 Å². The molecule has 2 N–H and O–H groups in total. The van der Waals surface area contributed by atoms with Gasteiger partial charge in [0, 0.05) is 18.7 Å². The normalized spacial score (nSPS) is 15.8. The van der Waals surface area contributed by atoms with E-state index in [-0.39, 0.29) is 24.6 Å². The summed E-state index contributed by atoms with van der Waals surface area (Å²) in [5.74, 6) is -2.79. The molecule has 0 bridgehead atoms. The van der Waals surface area contributed by atoms with Crippen LogP contribution >= 0.6 is 0 Å². The van der Waals surface area contributed by atoms with Crippen molar-refractivity contribution in [2.75, 3.05) is 18.1 Å². The Morgan fingerprint density at radius 1 is 1.17 bits per heavy atom. The number of benzene rings is 1. The lowest BCUT2D eigenvalue weighted by Gasteiger charge is -2.17. The minimum atomic E-state index is -0.713. The second-order valence-corrected chi connectivity index (χ2v) is 6.51. The van der Waals surface area contributed by atoms with Crippen LogP contribution < -0.4 is 15.8 Å². The molecule has 9 heteroatoms. The quantitative estimate of drug-likeness (QED) is 0.557. The van der Waals surface area contributed by atoms with Gasteiger partial charge in [0.25, 0.3) is 5.91 Å². The van der Waals surface area contributed by atoms with Crippen LogP contribution in [0.4, 0.5) is 5.69 Å². The fraction of sp³-hybridized carbons (Fsp3) is 0.300. The van der Waals surface area contributed by atoms with Gasteiger partial charge < -0.3 is 14.1 Å². The van der Waals surface area contributed by atoms with Gasteiger partial charge in [0.1, 0.15) is 0 Å². The zero-order valence-electron chi connectivity index (χ0n) is 15.8. The number of carbonyl (C=O) groups is 4. The molecule has 1 saturated heterocycles. The third-order valence-electron chi connectivity index (χ3n) is 4.52. The average Bonchev–Trinajstić information content (AvgIpc) is 3.40. The standard InChI is InChI=1S/C20H21N3O6/c1-2-13-5-7-15(8-6-13)23-11-14(10-18(23)25)20(27)29-12-17(24)21-22-19(26)16-4-3-9-28-16/h3-9,14H,2,10-12H2,1H3,(H,21,24)(H,22,26)/t14-/m1/s1. The van der Waals surface area contributed by atoms with Gasteiger partial charge in [-0.25, -0.2) is 0 Å². The first kappa shape index (κ1) is 20.1. The summed E-state index contributed by atoms with van der Waals surface area (Å²) in [7, 11) is 0. The molecular formula is C20H21N3O6. The summed E-state index contributed by atoms with van der Waals surface area (Å²) in [6, 6.07) is 10.5. The molecule has 1 aliphatic rings. The molecule has 1 aromatic heterocycles. The predicted molar refractivity (Wildman–Crippen MR) is 102 cm³/mol. The number of nitrogens with zero attached hydrogens (tertiary/aromatic N) is 1. The number of hydrazine groups is 1. The highest BCUT2D eigenvalue weighted by Gasteiger charge is 2.36. The van der Waals surface area contributed by atoms with E-state index in [4.69, 9.17) is 9.15 Å². The number of hydrogen-bond donors (Lipinski definition) is 2. The number of nitrogens with one attached hydrogen (secondary N) is 2.